The number of carbonyl (C=O) groups excluding carboxylic acids is 1. The molecule has 1 amide bonds. The van der Waals surface area contributed by atoms with Crippen molar-refractivity contribution in [3.63, 3.8) is 0 Å². The summed E-state index contributed by atoms with van der Waals surface area (Å²) in [5, 5.41) is 3.65. The second-order valence-electron chi connectivity index (χ2n) is 6.36. The molecule has 0 saturated heterocycles. The molecule has 2 aromatic carbocycles. The predicted octanol–water partition coefficient (Wildman–Crippen LogP) is 4.09. The molecule has 0 spiro atoms. The first-order valence-corrected chi connectivity index (χ1v) is 8.44. The molecule has 1 heterocycles. The summed E-state index contributed by atoms with van der Waals surface area (Å²) in [6.45, 7) is 3.04. The highest BCUT2D eigenvalue weighted by atomic mass is 35.5. The van der Waals surface area contributed by atoms with Gasteiger partial charge in [-0.25, -0.2) is 0 Å². The van der Waals surface area contributed by atoms with Gasteiger partial charge < -0.3 is 14.8 Å². The summed E-state index contributed by atoms with van der Waals surface area (Å²) in [6, 6.07) is 11.3. The van der Waals surface area contributed by atoms with E-state index in [1.54, 1.807) is 6.07 Å². The van der Waals surface area contributed by atoms with E-state index in [1.165, 1.54) is 0 Å². The van der Waals surface area contributed by atoms with Gasteiger partial charge in [-0.15, -0.1) is 0 Å². The minimum atomic E-state index is -0.479. The van der Waals surface area contributed by atoms with Crippen LogP contribution in [-0.4, -0.2) is 19.1 Å². The Labute approximate surface area is 145 Å². The quantitative estimate of drug-likeness (QED) is 0.913. The number of ether oxygens (including phenoxy) is 2. The smallest absolute Gasteiger partial charge is 0.235 e. The Morgan fingerprint density at radius 1 is 1.08 bits per heavy atom. The number of carbonyl (C=O) groups is 1. The Hall–Kier alpha value is -2.20. The summed E-state index contributed by atoms with van der Waals surface area (Å²) >= 11 is 6.14. The maximum atomic E-state index is 12.8. The summed E-state index contributed by atoms with van der Waals surface area (Å²) in [6.07, 6.45) is 1.66. The molecule has 4 nitrogen and oxygen atoms in total. The number of amides is 1. The van der Waals surface area contributed by atoms with Gasteiger partial charge in [-0.3, -0.25) is 4.79 Å². The van der Waals surface area contributed by atoms with Crippen LogP contribution in [0.2, 0.25) is 5.02 Å². The van der Waals surface area contributed by atoms with Crippen molar-refractivity contribution in [3.05, 3.63) is 52.5 Å². The molecule has 24 heavy (non-hydrogen) atoms. The van der Waals surface area contributed by atoms with E-state index in [9.17, 15) is 4.79 Å². The monoisotopic (exact) mass is 343 g/mol. The van der Waals surface area contributed by atoms with Gasteiger partial charge in [0.2, 0.25) is 5.91 Å². The van der Waals surface area contributed by atoms with Gasteiger partial charge in [-0.2, -0.15) is 0 Å². The van der Waals surface area contributed by atoms with Crippen LogP contribution in [0.5, 0.6) is 11.5 Å². The normalized spacial score (nSPS) is 17.2. The number of hydrogen-bond acceptors (Lipinski definition) is 3. The molecule has 2 aromatic rings. The van der Waals surface area contributed by atoms with Crippen molar-refractivity contribution < 1.29 is 14.3 Å². The third kappa shape index (κ3) is 2.61. The summed E-state index contributed by atoms with van der Waals surface area (Å²) < 4.78 is 11.2. The maximum Gasteiger partial charge on any atom is 0.235 e. The molecule has 0 atom stereocenters. The van der Waals surface area contributed by atoms with E-state index in [1.807, 2.05) is 37.3 Å². The average molecular weight is 344 g/mol. The summed E-state index contributed by atoms with van der Waals surface area (Å²) in [7, 11) is 0. The highest BCUT2D eigenvalue weighted by Gasteiger charge is 2.51. The van der Waals surface area contributed by atoms with Crippen LogP contribution in [0.3, 0.4) is 0 Å². The molecular formula is C19H18ClNO3. The average Bonchev–Trinajstić information content (AvgIpc) is 3.40. The number of benzene rings is 2. The van der Waals surface area contributed by atoms with Crippen molar-refractivity contribution in [2.75, 3.05) is 18.5 Å². The van der Waals surface area contributed by atoms with Gasteiger partial charge in [0.25, 0.3) is 0 Å². The topological polar surface area (TPSA) is 47.6 Å². The third-order valence-electron chi connectivity index (χ3n) is 4.71. The van der Waals surface area contributed by atoms with Crippen LogP contribution in [0.25, 0.3) is 0 Å². The zero-order chi connectivity index (χ0) is 16.7. The van der Waals surface area contributed by atoms with Crippen LogP contribution in [-0.2, 0) is 10.2 Å². The van der Waals surface area contributed by atoms with Gasteiger partial charge in [-0.05, 0) is 55.2 Å². The van der Waals surface area contributed by atoms with Crippen molar-refractivity contribution in [3.8, 4) is 11.5 Å². The fraction of sp³-hybridized carbons (Fsp3) is 0.316. The predicted molar refractivity (Wildman–Crippen MR) is 93.2 cm³/mol. The molecule has 0 aromatic heterocycles. The van der Waals surface area contributed by atoms with E-state index in [0.717, 1.165) is 41.2 Å². The van der Waals surface area contributed by atoms with E-state index in [-0.39, 0.29) is 5.91 Å². The largest absolute Gasteiger partial charge is 0.486 e. The molecule has 4 rings (SSSR count). The van der Waals surface area contributed by atoms with E-state index in [4.69, 9.17) is 21.1 Å². The molecule has 1 aliphatic heterocycles. The zero-order valence-electron chi connectivity index (χ0n) is 13.4. The highest BCUT2D eigenvalue weighted by Crippen LogP contribution is 2.51. The van der Waals surface area contributed by atoms with Gasteiger partial charge in [0.15, 0.2) is 11.5 Å². The molecule has 0 bridgehead atoms. The summed E-state index contributed by atoms with van der Waals surface area (Å²) in [5.74, 6) is 1.46. The molecule has 2 aliphatic rings. The minimum absolute atomic E-state index is 0.000836. The van der Waals surface area contributed by atoms with Gasteiger partial charge in [0.05, 0.1) is 5.41 Å². The van der Waals surface area contributed by atoms with Gasteiger partial charge in [-0.1, -0.05) is 23.7 Å². The summed E-state index contributed by atoms with van der Waals surface area (Å²) in [4.78, 5) is 12.8. The first kappa shape index (κ1) is 15.3. The van der Waals surface area contributed by atoms with Crippen LogP contribution in [0.1, 0.15) is 24.0 Å². The molecule has 0 radical (unpaired) electrons. The Kier molecular flexibility index (Phi) is 3.65. The lowest BCUT2D eigenvalue weighted by molar-refractivity contribution is -0.118. The molecule has 1 fully saturated rings. The molecule has 0 unspecified atom stereocenters. The number of hydrogen-bond donors (Lipinski definition) is 1. The number of nitrogens with one attached hydrogen (secondary N) is 1. The maximum absolute atomic E-state index is 12.8. The second kappa shape index (κ2) is 5.71. The van der Waals surface area contributed by atoms with Crippen molar-refractivity contribution in [2.24, 2.45) is 0 Å². The second-order valence-corrected chi connectivity index (χ2v) is 6.77. The lowest BCUT2D eigenvalue weighted by Gasteiger charge is -2.21. The van der Waals surface area contributed by atoms with Crippen LogP contribution < -0.4 is 14.8 Å². The van der Waals surface area contributed by atoms with E-state index < -0.39 is 5.41 Å². The fourth-order valence-corrected chi connectivity index (χ4v) is 3.21. The zero-order valence-corrected chi connectivity index (χ0v) is 14.2. The van der Waals surface area contributed by atoms with Crippen molar-refractivity contribution in [1.29, 1.82) is 0 Å². The fourth-order valence-electron chi connectivity index (χ4n) is 3.03. The van der Waals surface area contributed by atoms with Crippen LogP contribution in [0, 0.1) is 6.92 Å². The number of fused-ring (bicyclic) bond motifs is 1. The molecule has 5 heteroatoms. The standard InChI is InChI=1S/C19H18ClNO3/c1-12-2-4-14(11-15(12)20)21-18(22)19(6-7-19)13-3-5-16-17(10-13)24-9-8-23-16/h2-5,10-11H,6-9H2,1H3,(H,21,22). The lowest BCUT2D eigenvalue weighted by Crippen LogP contribution is -2.28. The van der Waals surface area contributed by atoms with Crippen molar-refractivity contribution in [2.45, 2.75) is 25.2 Å². The molecule has 1 saturated carbocycles. The Balaban J connectivity index is 1.58. The highest BCUT2D eigenvalue weighted by molar-refractivity contribution is 6.31. The van der Waals surface area contributed by atoms with Gasteiger partial charge >= 0.3 is 0 Å². The first-order chi connectivity index (χ1) is 11.6. The van der Waals surface area contributed by atoms with Crippen LogP contribution >= 0.6 is 11.6 Å². The van der Waals surface area contributed by atoms with E-state index in [0.29, 0.717) is 18.2 Å². The number of rotatable bonds is 3. The van der Waals surface area contributed by atoms with E-state index in [2.05, 4.69) is 5.32 Å². The van der Waals surface area contributed by atoms with Crippen molar-refractivity contribution in [1.82, 2.24) is 0 Å². The first-order valence-electron chi connectivity index (χ1n) is 8.06. The molecule has 1 aliphatic carbocycles. The SMILES string of the molecule is Cc1ccc(NC(=O)C2(c3ccc4c(c3)OCCO4)CC2)cc1Cl. The van der Waals surface area contributed by atoms with Gasteiger partial charge in [0, 0.05) is 10.7 Å². The van der Waals surface area contributed by atoms with Crippen molar-refractivity contribution >= 4 is 23.2 Å². The lowest BCUT2D eigenvalue weighted by atomic mass is 9.94. The summed E-state index contributed by atoms with van der Waals surface area (Å²) in [5.41, 5.74) is 2.21. The Bertz CT molecular complexity index is 814. The Morgan fingerprint density at radius 3 is 2.54 bits per heavy atom. The van der Waals surface area contributed by atoms with Crippen LogP contribution in [0.4, 0.5) is 5.69 Å². The molecule has 1 N–H and O–H groups in total. The molecular weight excluding hydrogens is 326 g/mol. The number of halogens is 1. The third-order valence-corrected chi connectivity index (χ3v) is 5.12. The number of anilines is 1. The minimum Gasteiger partial charge on any atom is -0.486 e. The Morgan fingerprint density at radius 2 is 1.83 bits per heavy atom. The van der Waals surface area contributed by atoms with Crippen LogP contribution in [0.15, 0.2) is 36.4 Å². The number of aryl methyl sites for hydroxylation is 1. The molecule has 124 valence electrons. The van der Waals surface area contributed by atoms with Gasteiger partial charge in [0.1, 0.15) is 13.2 Å². The van der Waals surface area contributed by atoms with E-state index >= 15 is 0 Å².